The summed E-state index contributed by atoms with van der Waals surface area (Å²) in [6.45, 7) is 8.65. The number of nitrogens with one attached hydrogen (secondary N) is 2. The number of anilines is 3. The highest BCUT2D eigenvalue weighted by Gasteiger charge is 2.21. The average Bonchev–Trinajstić information content (AvgIpc) is 2.80. The molecule has 0 radical (unpaired) electrons. The third kappa shape index (κ3) is 5.85. The van der Waals surface area contributed by atoms with Gasteiger partial charge in [0.2, 0.25) is 5.95 Å². The molecule has 7 heteroatoms. The monoisotopic (exact) mass is 438 g/mol. The zero-order valence-corrected chi connectivity index (χ0v) is 19.5. The molecular weight excluding hydrogens is 404 g/mol. The van der Waals surface area contributed by atoms with Gasteiger partial charge in [-0.1, -0.05) is 37.3 Å². The van der Waals surface area contributed by atoms with Crippen LogP contribution < -0.4 is 20.4 Å². The van der Waals surface area contributed by atoms with Crippen molar-refractivity contribution in [3.8, 4) is 0 Å². The molecule has 0 spiro atoms. The van der Waals surface area contributed by atoms with Crippen molar-refractivity contribution in [2.75, 3.05) is 41.3 Å². The summed E-state index contributed by atoms with van der Waals surface area (Å²) in [7, 11) is 0. The van der Waals surface area contributed by atoms with Crippen molar-refractivity contribution in [3.63, 3.8) is 0 Å². The van der Waals surface area contributed by atoms with E-state index in [-0.39, 0.29) is 6.04 Å². The summed E-state index contributed by atoms with van der Waals surface area (Å²) in [5.74, 6) is 3.37. The van der Waals surface area contributed by atoms with E-state index in [9.17, 15) is 0 Å². The van der Waals surface area contributed by atoms with E-state index >= 15 is 0 Å². The predicted octanol–water partition coefficient (Wildman–Crippen LogP) is 4.75. The second-order valence-electron chi connectivity index (χ2n) is 8.86. The van der Waals surface area contributed by atoms with Gasteiger partial charge in [0.1, 0.15) is 11.6 Å². The van der Waals surface area contributed by atoms with Crippen LogP contribution in [0, 0.1) is 5.92 Å². The van der Waals surface area contributed by atoms with Crippen molar-refractivity contribution in [3.05, 3.63) is 42.0 Å². The van der Waals surface area contributed by atoms with Gasteiger partial charge < -0.3 is 20.4 Å². The fourth-order valence-corrected chi connectivity index (χ4v) is 4.59. The fraction of sp³-hybridized carbons (Fsp3) is 0.542. The number of nitrogens with zero attached hydrogens (tertiary/aromatic N) is 4. The molecule has 2 fully saturated rings. The first-order chi connectivity index (χ1) is 15.1. The maximum absolute atomic E-state index is 5.60. The van der Waals surface area contributed by atoms with Gasteiger partial charge in [0.05, 0.1) is 6.04 Å². The van der Waals surface area contributed by atoms with Crippen LogP contribution in [0.1, 0.15) is 57.6 Å². The van der Waals surface area contributed by atoms with Gasteiger partial charge >= 0.3 is 0 Å². The van der Waals surface area contributed by atoms with Gasteiger partial charge in [0.25, 0.3) is 0 Å². The summed E-state index contributed by atoms with van der Waals surface area (Å²) in [6, 6.07) is 12.6. The second-order valence-corrected chi connectivity index (χ2v) is 9.26. The lowest BCUT2D eigenvalue weighted by Gasteiger charge is -2.33. The molecule has 6 nitrogen and oxygen atoms in total. The topological polar surface area (TPSA) is 56.3 Å². The van der Waals surface area contributed by atoms with Crippen molar-refractivity contribution in [2.24, 2.45) is 5.92 Å². The molecule has 2 N–H and O–H groups in total. The third-order valence-corrected chi connectivity index (χ3v) is 6.58. The van der Waals surface area contributed by atoms with Crippen LogP contribution in [0.15, 0.2) is 36.4 Å². The minimum atomic E-state index is 0.106. The molecule has 2 saturated heterocycles. The average molecular weight is 439 g/mol. The van der Waals surface area contributed by atoms with E-state index in [2.05, 4.69) is 52.5 Å². The van der Waals surface area contributed by atoms with Crippen LogP contribution in [0.25, 0.3) is 0 Å². The molecule has 3 heterocycles. The summed E-state index contributed by atoms with van der Waals surface area (Å²) in [5.41, 5.74) is 1.19. The Morgan fingerprint density at radius 1 is 0.968 bits per heavy atom. The minimum Gasteiger partial charge on any atom is -0.356 e. The highest BCUT2D eigenvalue weighted by molar-refractivity contribution is 7.80. The molecule has 31 heavy (non-hydrogen) atoms. The van der Waals surface area contributed by atoms with Crippen LogP contribution in [-0.2, 0) is 0 Å². The zero-order chi connectivity index (χ0) is 21.6. The van der Waals surface area contributed by atoms with Crippen molar-refractivity contribution < 1.29 is 0 Å². The smallest absolute Gasteiger partial charge is 0.232 e. The number of rotatable bonds is 5. The first-order valence-corrected chi connectivity index (χ1v) is 12.0. The van der Waals surface area contributed by atoms with E-state index in [0.29, 0.717) is 11.1 Å². The van der Waals surface area contributed by atoms with Gasteiger partial charge in [0.15, 0.2) is 5.11 Å². The molecule has 0 bridgehead atoms. The van der Waals surface area contributed by atoms with E-state index in [1.807, 2.05) is 18.2 Å². The minimum absolute atomic E-state index is 0.106. The van der Waals surface area contributed by atoms with Crippen molar-refractivity contribution in [1.82, 2.24) is 15.3 Å². The van der Waals surface area contributed by atoms with E-state index in [1.54, 1.807) is 0 Å². The molecule has 166 valence electrons. The number of hydrogen-bond acceptors (Lipinski definition) is 5. The summed E-state index contributed by atoms with van der Waals surface area (Å²) in [6.07, 6.45) is 6.16. The van der Waals surface area contributed by atoms with Crippen LogP contribution in [0.4, 0.5) is 17.6 Å². The Morgan fingerprint density at radius 3 is 2.23 bits per heavy atom. The second kappa shape index (κ2) is 10.3. The normalized spacial score (nSPS) is 18.5. The summed E-state index contributed by atoms with van der Waals surface area (Å²) < 4.78 is 0. The molecule has 2 aliphatic rings. The van der Waals surface area contributed by atoms with E-state index in [4.69, 9.17) is 22.2 Å². The largest absolute Gasteiger partial charge is 0.356 e. The number of piperidine rings is 2. The quantitative estimate of drug-likeness (QED) is 0.653. The van der Waals surface area contributed by atoms with Crippen LogP contribution in [0.5, 0.6) is 0 Å². The lowest BCUT2D eigenvalue weighted by molar-refractivity contribution is 0.436. The number of benzene rings is 1. The molecule has 2 aliphatic heterocycles. The number of thiocarbonyl (C=S) groups is 1. The number of hydrogen-bond donors (Lipinski definition) is 2. The predicted molar refractivity (Wildman–Crippen MR) is 133 cm³/mol. The Labute approximate surface area is 191 Å². The molecule has 0 aliphatic carbocycles. The van der Waals surface area contributed by atoms with Crippen molar-refractivity contribution in [1.29, 1.82) is 0 Å². The van der Waals surface area contributed by atoms with Gasteiger partial charge in [-0.2, -0.15) is 9.97 Å². The molecule has 1 atom stereocenters. The Hall–Kier alpha value is -2.41. The van der Waals surface area contributed by atoms with Gasteiger partial charge in [-0.3, -0.25) is 0 Å². The molecule has 1 aromatic heterocycles. The zero-order valence-electron chi connectivity index (χ0n) is 18.7. The molecular formula is C24H34N6S. The summed E-state index contributed by atoms with van der Waals surface area (Å²) in [4.78, 5) is 14.5. The van der Waals surface area contributed by atoms with Gasteiger partial charge in [-0.05, 0) is 62.7 Å². The lowest BCUT2D eigenvalue weighted by atomic mass is 9.99. The highest BCUT2D eigenvalue weighted by Crippen LogP contribution is 2.27. The SMILES string of the molecule is CC1CCN(c2cc(N3CCCCC3)nc(NC(=S)NC(C)c3ccccc3)n2)CC1. The molecule has 0 amide bonds. The third-order valence-electron chi connectivity index (χ3n) is 6.36. The maximum atomic E-state index is 5.60. The molecule has 1 aromatic carbocycles. The van der Waals surface area contributed by atoms with E-state index < -0.39 is 0 Å². The maximum Gasteiger partial charge on any atom is 0.232 e. The highest BCUT2D eigenvalue weighted by atomic mass is 32.1. The standard InChI is InChI=1S/C24H34N6S/c1-18-11-15-30(16-12-18)22-17-21(29-13-7-4-8-14-29)26-23(27-22)28-24(31)25-19(2)20-9-5-3-6-10-20/h3,5-6,9-10,17-19H,4,7-8,11-16H2,1-2H3,(H2,25,26,27,28,31). The fourth-order valence-electron chi connectivity index (χ4n) is 4.32. The molecule has 4 rings (SSSR count). The Kier molecular flexibility index (Phi) is 7.22. The molecule has 2 aromatic rings. The van der Waals surface area contributed by atoms with E-state index in [0.717, 1.165) is 43.7 Å². The first kappa shape index (κ1) is 21.8. The summed E-state index contributed by atoms with van der Waals surface area (Å²) >= 11 is 5.60. The van der Waals surface area contributed by atoms with Gasteiger partial charge in [-0.15, -0.1) is 0 Å². The lowest BCUT2D eigenvalue weighted by Crippen LogP contribution is -2.36. The Morgan fingerprint density at radius 2 is 1.58 bits per heavy atom. The van der Waals surface area contributed by atoms with Gasteiger partial charge in [0, 0.05) is 32.2 Å². The number of aromatic nitrogens is 2. The van der Waals surface area contributed by atoms with Crippen LogP contribution in [0.2, 0.25) is 0 Å². The van der Waals surface area contributed by atoms with E-state index in [1.165, 1.54) is 37.7 Å². The van der Waals surface area contributed by atoms with Crippen LogP contribution >= 0.6 is 12.2 Å². The van der Waals surface area contributed by atoms with Crippen molar-refractivity contribution >= 4 is 34.9 Å². The van der Waals surface area contributed by atoms with Crippen LogP contribution in [0.3, 0.4) is 0 Å². The Balaban J connectivity index is 1.51. The van der Waals surface area contributed by atoms with Crippen LogP contribution in [-0.4, -0.2) is 41.3 Å². The summed E-state index contributed by atoms with van der Waals surface area (Å²) in [5, 5.41) is 7.16. The Bertz CT molecular complexity index is 860. The van der Waals surface area contributed by atoms with Gasteiger partial charge in [-0.25, -0.2) is 0 Å². The van der Waals surface area contributed by atoms with Crippen molar-refractivity contribution in [2.45, 2.75) is 52.0 Å². The first-order valence-electron chi connectivity index (χ1n) is 11.6. The molecule has 1 unspecified atom stereocenters. The molecule has 0 saturated carbocycles.